The van der Waals surface area contributed by atoms with Crippen LogP contribution in [0.4, 0.5) is 19.0 Å². The van der Waals surface area contributed by atoms with E-state index in [9.17, 15) is 22.8 Å². The third-order valence-corrected chi connectivity index (χ3v) is 7.65. The highest BCUT2D eigenvalue weighted by Crippen LogP contribution is 2.32. The first-order valence-corrected chi connectivity index (χ1v) is 14.0. The van der Waals surface area contributed by atoms with E-state index in [-0.39, 0.29) is 22.7 Å². The van der Waals surface area contributed by atoms with Gasteiger partial charge in [0.1, 0.15) is 5.82 Å². The molecule has 0 saturated heterocycles. The zero-order chi connectivity index (χ0) is 29.9. The first-order valence-electron chi connectivity index (χ1n) is 13.6. The van der Waals surface area contributed by atoms with E-state index in [0.29, 0.717) is 56.9 Å². The third kappa shape index (κ3) is 6.44. The van der Waals surface area contributed by atoms with E-state index >= 15 is 0 Å². The van der Waals surface area contributed by atoms with E-state index in [0.717, 1.165) is 23.3 Å². The molecular formula is C29H30ClF3N6O3. The van der Waals surface area contributed by atoms with Gasteiger partial charge in [0, 0.05) is 32.4 Å². The number of hydrogen-bond acceptors (Lipinski definition) is 6. The number of anilines is 1. The number of rotatable bonds is 9. The van der Waals surface area contributed by atoms with Crippen LogP contribution < -0.4 is 16.3 Å². The first-order chi connectivity index (χ1) is 20.2. The molecule has 1 aliphatic carbocycles. The molecule has 3 heterocycles. The number of imidazole rings is 1. The van der Waals surface area contributed by atoms with Crippen LogP contribution in [0.2, 0.25) is 5.02 Å². The predicted octanol–water partition coefficient (Wildman–Crippen LogP) is 5.30. The van der Waals surface area contributed by atoms with E-state index in [2.05, 4.69) is 20.6 Å². The molecule has 0 unspecified atom stereocenters. The number of alkyl halides is 3. The van der Waals surface area contributed by atoms with E-state index in [1.54, 1.807) is 22.4 Å². The molecule has 0 spiro atoms. The Bertz CT molecular complexity index is 1610. The molecule has 5 rings (SSSR count). The quantitative estimate of drug-likeness (QED) is 0.252. The number of aromatic nitrogens is 4. The number of nitrogens with one attached hydrogen (secondary N) is 2. The average Bonchev–Trinajstić information content (AvgIpc) is 3.24. The van der Waals surface area contributed by atoms with Crippen LogP contribution in [-0.2, 0) is 17.5 Å². The van der Waals surface area contributed by atoms with Gasteiger partial charge in [-0.05, 0) is 61.9 Å². The van der Waals surface area contributed by atoms with Crippen molar-refractivity contribution in [3.63, 3.8) is 0 Å². The highest BCUT2D eigenvalue weighted by Gasteiger charge is 2.38. The Kier molecular flexibility index (Phi) is 8.83. The average molecular weight is 603 g/mol. The standard InChI is InChI=1S/C29H30ClF3N6O3/c1-42-13-12-34-25-11-10-21(16-35-25)39-24-5-3-2-4-23(24)38(28(39)41)17-18-6-8-20(9-7-18)37-27(40)22-14-19(30)15-36-26(22)29(31,32)33/h2-5,10-11,14-16,18,20H,6-9,12-13,17H2,1H3,(H,34,35)(H,37,40)/t18-,20-. The van der Waals surface area contributed by atoms with Crippen molar-refractivity contribution in [1.29, 1.82) is 0 Å². The van der Waals surface area contributed by atoms with Gasteiger partial charge in [0.15, 0.2) is 5.69 Å². The molecule has 1 aliphatic rings. The van der Waals surface area contributed by atoms with Gasteiger partial charge in [-0.3, -0.25) is 13.9 Å². The number of carbonyl (C=O) groups is 1. The maximum absolute atomic E-state index is 13.7. The van der Waals surface area contributed by atoms with Gasteiger partial charge in [0.05, 0.1) is 40.1 Å². The topological polar surface area (TPSA) is 103 Å². The smallest absolute Gasteiger partial charge is 0.383 e. The summed E-state index contributed by atoms with van der Waals surface area (Å²) in [5, 5.41) is 5.83. The molecule has 0 aliphatic heterocycles. The molecule has 0 radical (unpaired) electrons. The van der Waals surface area contributed by atoms with E-state index in [4.69, 9.17) is 16.3 Å². The molecule has 0 bridgehead atoms. The molecule has 9 nitrogen and oxygen atoms in total. The van der Waals surface area contributed by atoms with Gasteiger partial charge < -0.3 is 15.4 Å². The lowest BCUT2D eigenvalue weighted by atomic mass is 9.85. The Balaban J connectivity index is 1.28. The number of nitrogens with zero attached hydrogens (tertiary/aromatic N) is 4. The lowest BCUT2D eigenvalue weighted by molar-refractivity contribution is -0.141. The van der Waals surface area contributed by atoms with Crippen molar-refractivity contribution in [2.45, 2.75) is 44.4 Å². The van der Waals surface area contributed by atoms with E-state index in [1.165, 1.54) is 0 Å². The molecule has 42 heavy (non-hydrogen) atoms. The van der Waals surface area contributed by atoms with Crippen molar-refractivity contribution in [3.8, 4) is 5.69 Å². The molecule has 2 N–H and O–H groups in total. The Hall–Kier alpha value is -3.90. The number of halogens is 4. The Morgan fingerprint density at radius 1 is 1.07 bits per heavy atom. The minimum absolute atomic E-state index is 0.0491. The molecule has 1 saturated carbocycles. The summed E-state index contributed by atoms with van der Waals surface area (Å²) < 4.78 is 48.6. The normalized spacial score (nSPS) is 17.4. The zero-order valence-corrected chi connectivity index (χ0v) is 23.6. The fourth-order valence-corrected chi connectivity index (χ4v) is 5.55. The Labute approximate surface area is 244 Å². The van der Waals surface area contributed by atoms with Crippen LogP contribution in [0.25, 0.3) is 16.7 Å². The summed E-state index contributed by atoms with van der Waals surface area (Å²) in [5.74, 6) is -0.0227. The second-order valence-corrected chi connectivity index (χ2v) is 10.7. The molecule has 4 aromatic rings. The maximum Gasteiger partial charge on any atom is 0.434 e. The van der Waals surface area contributed by atoms with Gasteiger partial charge in [-0.15, -0.1) is 0 Å². The fraction of sp³-hybridized carbons (Fsp3) is 0.379. The number of ether oxygens (including phenoxy) is 1. The number of benzene rings is 1. The van der Waals surface area contributed by atoms with Crippen LogP contribution in [-0.4, -0.2) is 51.3 Å². The zero-order valence-electron chi connectivity index (χ0n) is 22.8. The minimum atomic E-state index is -4.78. The van der Waals surface area contributed by atoms with Crippen molar-refractivity contribution in [3.05, 3.63) is 81.6 Å². The molecule has 1 amide bonds. The molecule has 0 atom stereocenters. The second kappa shape index (κ2) is 12.5. The lowest BCUT2D eigenvalue weighted by Crippen LogP contribution is -2.39. The van der Waals surface area contributed by atoms with Crippen molar-refractivity contribution in [1.82, 2.24) is 24.4 Å². The fourth-order valence-electron chi connectivity index (χ4n) is 5.39. The Morgan fingerprint density at radius 3 is 2.48 bits per heavy atom. The van der Waals surface area contributed by atoms with Crippen molar-refractivity contribution >= 4 is 34.4 Å². The summed E-state index contributed by atoms with van der Waals surface area (Å²) in [6.45, 7) is 1.64. The van der Waals surface area contributed by atoms with Crippen molar-refractivity contribution in [2.24, 2.45) is 5.92 Å². The summed E-state index contributed by atoms with van der Waals surface area (Å²) in [6, 6.07) is 11.9. The molecule has 1 fully saturated rings. The number of para-hydroxylation sites is 2. The number of hydrogen-bond donors (Lipinski definition) is 2. The van der Waals surface area contributed by atoms with E-state index in [1.807, 2.05) is 36.4 Å². The monoisotopic (exact) mass is 602 g/mol. The SMILES string of the molecule is COCCNc1ccc(-n2c(=O)n(C[C@H]3CC[C@H](NC(=O)c4cc(Cl)cnc4C(F)(F)F)CC3)c3ccccc32)cn1. The number of methoxy groups -OCH3 is 1. The van der Waals surface area contributed by atoms with Gasteiger partial charge in [-0.1, -0.05) is 23.7 Å². The number of carbonyl (C=O) groups excluding carboxylic acids is 1. The van der Waals surface area contributed by atoms with E-state index < -0.39 is 23.3 Å². The first kappa shape index (κ1) is 29.6. The van der Waals surface area contributed by atoms with Crippen LogP contribution in [0, 0.1) is 5.92 Å². The number of amides is 1. The Morgan fingerprint density at radius 2 is 1.81 bits per heavy atom. The summed E-state index contributed by atoms with van der Waals surface area (Å²) in [6.07, 6.45) is 0.279. The van der Waals surface area contributed by atoms with Crippen LogP contribution in [0.15, 0.2) is 59.7 Å². The van der Waals surface area contributed by atoms with Crippen LogP contribution >= 0.6 is 11.6 Å². The van der Waals surface area contributed by atoms with Gasteiger partial charge >= 0.3 is 11.9 Å². The van der Waals surface area contributed by atoms with Gasteiger partial charge in [-0.2, -0.15) is 13.2 Å². The summed E-state index contributed by atoms with van der Waals surface area (Å²) in [5.41, 5.74) is 0.175. The minimum Gasteiger partial charge on any atom is -0.383 e. The summed E-state index contributed by atoms with van der Waals surface area (Å²) in [7, 11) is 1.63. The number of fused-ring (bicyclic) bond motifs is 1. The van der Waals surface area contributed by atoms with Crippen LogP contribution in [0.3, 0.4) is 0 Å². The predicted molar refractivity (Wildman–Crippen MR) is 153 cm³/mol. The second-order valence-electron chi connectivity index (χ2n) is 10.3. The number of pyridine rings is 2. The van der Waals surface area contributed by atoms with Crippen LogP contribution in [0.5, 0.6) is 0 Å². The molecule has 1 aromatic carbocycles. The lowest BCUT2D eigenvalue weighted by Gasteiger charge is -2.29. The van der Waals surface area contributed by atoms with Gasteiger partial charge in [0.25, 0.3) is 5.91 Å². The highest BCUT2D eigenvalue weighted by atomic mass is 35.5. The largest absolute Gasteiger partial charge is 0.434 e. The highest BCUT2D eigenvalue weighted by molar-refractivity contribution is 6.30. The van der Waals surface area contributed by atoms with Crippen molar-refractivity contribution in [2.75, 3.05) is 25.6 Å². The molecule has 13 heteroatoms. The van der Waals surface area contributed by atoms with Gasteiger partial charge in [-0.25, -0.2) is 14.8 Å². The summed E-state index contributed by atoms with van der Waals surface area (Å²) >= 11 is 5.83. The molecular weight excluding hydrogens is 573 g/mol. The molecule has 3 aromatic heterocycles. The molecule has 222 valence electrons. The van der Waals surface area contributed by atoms with Crippen molar-refractivity contribution < 1.29 is 22.7 Å². The maximum atomic E-state index is 13.7. The third-order valence-electron chi connectivity index (χ3n) is 7.44. The van der Waals surface area contributed by atoms with Crippen LogP contribution in [0.1, 0.15) is 41.7 Å². The van der Waals surface area contributed by atoms with Gasteiger partial charge in [0.2, 0.25) is 0 Å². The summed E-state index contributed by atoms with van der Waals surface area (Å²) in [4.78, 5) is 34.2.